The number of anilines is 4. The number of rotatable bonds is 9. The number of aromatic hydroxyl groups is 1. The Morgan fingerprint density at radius 3 is 1.47 bits per heavy atom. The van der Waals surface area contributed by atoms with Gasteiger partial charge in [0.1, 0.15) is 5.75 Å². The van der Waals surface area contributed by atoms with Crippen LogP contribution in [-0.4, -0.2) is 76.6 Å². The van der Waals surface area contributed by atoms with E-state index >= 15 is 0 Å². The Morgan fingerprint density at radius 1 is 0.621 bits per heavy atom. The third-order valence-electron chi connectivity index (χ3n) is 11.5. The number of amides is 4. The van der Waals surface area contributed by atoms with Crippen LogP contribution in [0.2, 0.25) is 0 Å². The number of imide groups is 2. The quantitative estimate of drug-likeness (QED) is 0.135. The first-order valence-electron chi connectivity index (χ1n) is 17.8. The van der Waals surface area contributed by atoms with Crippen LogP contribution in [0.15, 0.2) is 54.1 Å². The summed E-state index contributed by atoms with van der Waals surface area (Å²) in [5.74, 6) is -9.83. The maximum Gasteiger partial charge on any atom is 0.301 e. The van der Waals surface area contributed by atoms with Crippen LogP contribution in [0.1, 0.15) is 29.9 Å². The number of benzene rings is 3. The van der Waals surface area contributed by atoms with Gasteiger partial charge in [-0.25, -0.2) is 9.80 Å². The lowest BCUT2D eigenvalue weighted by Crippen LogP contribution is -2.43. The van der Waals surface area contributed by atoms with Crippen molar-refractivity contribution >= 4 is 69.1 Å². The summed E-state index contributed by atoms with van der Waals surface area (Å²) in [4.78, 5) is 107. The van der Waals surface area contributed by atoms with E-state index in [4.69, 9.17) is 0 Å². The number of nitro groups is 4. The van der Waals surface area contributed by atoms with Gasteiger partial charge in [-0.05, 0) is 42.9 Å². The van der Waals surface area contributed by atoms with E-state index < -0.39 is 113 Å². The number of hydrogen-bond donors (Lipinski definition) is 1. The Morgan fingerprint density at radius 2 is 1.05 bits per heavy atom. The molecule has 58 heavy (non-hydrogen) atoms. The molecular weight excluding hydrogens is 764 g/mol. The minimum Gasteiger partial charge on any atom is -0.508 e. The van der Waals surface area contributed by atoms with Gasteiger partial charge in [0.2, 0.25) is 23.6 Å². The number of allylic oxidation sites excluding steroid dienone is 2. The third-order valence-corrected chi connectivity index (χ3v) is 11.5. The molecule has 7 rings (SSSR count). The Labute approximate surface area is 327 Å². The topological polar surface area (TPSA) is 274 Å². The summed E-state index contributed by atoms with van der Waals surface area (Å²) in [6, 6.07) is 8.19. The third kappa shape index (κ3) is 5.75. The molecule has 2 aliphatic carbocycles. The number of fused-ring (bicyclic) bond motifs is 4. The molecule has 3 fully saturated rings. The lowest BCUT2D eigenvalue weighted by Gasteiger charge is -2.44. The molecule has 3 aromatic rings. The molecule has 1 N–H and O–H groups in total. The van der Waals surface area contributed by atoms with E-state index in [0.717, 1.165) is 24.3 Å². The normalized spacial score (nSPS) is 23.6. The van der Waals surface area contributed by atoms with Crippen LogP contribution in [0.4, 0.5) is 45.5 Å². The van der Waals surface area contributed by atoms with Gasteiger partial charge in [-0.3, -0.25) is 59.6 Å². The zero-order valence-corrected chi connectivity index (χ0v) is 31.4. The van der Waals surface area contributed by atoms with Gasteiger partial charge in [0, 0.05) is 58.4 Å². The van der Waals surface area contributed by atoms with E-state index in [1.165, 1.54) is 44.1 Å². The molecular formula is C37H34N8O13. The van der Waals surface area contributed by atoms with Gasteiger partial charge in [0.15, 0.2) is 11.4 Å². The molecule has 0 radical (unpaired) electrons. The van der Waals surface area contributed by atoms with Crippen molar-refractivity contribution in [1.82, 2.24) is 0 Å². The average Bonchev–Trinajstić information content (AvgIpc) is 3.56. The van der Waals surface area contributed by atoms with Crippen molar-refractivity contribution in [3.05, 3.63) is 106 Å². The second-order valence-corrected chi connectivity index (χ2v) is 15.1. The van der Waals surface area contributed by atoms with Gasteiger partial charge in [-0.1, -0.05) is 23.8 Å². The molecule has 1 saturated carbocycles. The highest BCUT2D eigenvalue weighted by Gasteiger charge is 2.62. The first-order chi connectivity index (χ1) is 27.3. The van der Waals surface area contributed by atoms with Crippen molar-refractivity contribution in [3.8, 4) is 5.75 Å². The van der Waals surface area contributed by atoms with Crippen molar-refractivity contribution in [3.63, 3.8) is 0 Å². The van der Waals surface area contributed by atoms with E-state index in [1.54, 1.807) is 25.1 Å². The fraction of sp³-hybridized carbons (Fsp3) is 0.351. The molecule has 0 aromatic heterocycles. The monoisotopic (exact) mass is 798 g/mol. The Balaban J connectivity index is 1.36. The maximum absolute atomic E-state index is 14.6. The first-order valence-corrected chi connectivity index (χ1v) is 17.8. The van der Waals surface area contributed by atoms with Crippen LogP contribution in [0.25, 0.3) is 0 Å². The zero-order valence-electron chi connectivity index (χ0n) is 31.4. The van der Waals surface area contributed by atoms with Gasteiger partial charge >= 0.3 is 22.7 Å². The van der Waals surface area contributed by atoms with Crippen LogP contribution < -0.4 is 19.6 Å². The molecule has 21 nitrogen and oxygen atoms in total. The van der Waals surface area contributed by atoms with Crippen LogP contribution in [0, 0.1) is 77.0 Å². The predicted molar refractivity (Wildman–Crippen MR) is 203 cm³/mol. The number of hydrogen-bond acceptors (Lipinski definition) is 15. The minimum atomic E-state index is -1.21. The van der Waals surface area contributed by atoms with Gasteiger partial charge in [0.25, 0.3) is 0 Å². The average molecular weight is 799 g/mol. The number of nitro benzene ring substituents is 4. The smallest absolute Gasteiger partial charge is 0.301 e. The summed E-state index contributed by atoms with van der Waals surface area (Å²) in [7, 11) is 5.45. The Bertz CT molecular complexity index is 2390. The van der Waals surface area contributed by atoms with Crippen LogP contribution in [0.5, 0.6) is 5.75 Å². The van der Waals surface area contributed by atoms with E-state index in [-0.39, 0.29) is 30.0 Å². The summed E-state index contributed by atoms with van der Waals surface area (Å²) in [6.07, 6.45) is 1.48. The number of carbonyl (C=O) groups is 4. The van der Waals surface area contributed by atoms with E-state index in [0.29, 0.717) is 26.5 Å². The molecule has 3 aromatic carbocycles. The second kappa shape index (κ2) is 13.7. The molecule has 2 heterocycles. The maximum atomic E-state index is 14.6. The van der Waals surface area contributed by atoms with Crippen LogP contribution in [0.3, 0.4) is 0 Å². The van der Waals surface area contributed by atoms with Gasteiger partial charge in [-0.2, -0.15) is 0 Å². The predicted octanol–water partition coefficient (Wildman–Crippen LogP) is 4.51. The molecule has 4 aliphatic rings. The van der Waals surface area contributed by atoms with Gasteiger partial charge in [0.05, 0.1) is 54.7 Å². The molecule has 0 bridgehead atoms. The van der Waals surface area contributed by atoms with Crippen LogP contribution >= 0.6 is 0 Å². The van der Waals surface area contributed by atoms with Crippen molar-refractivity contribution in [2.24, 2.45) is 29.6 Å². The SMILES string of the molecule is Cc1cc(C2C3=CCC4C(=O)N(c5cc([N+](=O)[O-])c(N(C)C)c([N+](=O)[O-])c5)C(=O)C4C3CC3C(=O)N(c4cc([N+](=O)[O-])c(N(C)C)c([N+](=O)[O-])c4)C(=O)C32)ccc1O. The molecule has 2 aliphatic heterocycles. The molecule has 6 atom stereocenters. The fourth-order valence-corrected chi connectivity index (χ4v) is 9.26. The van der Waals surface area contributed by atoms with E-state index in [1.807, 2.05) is 0 Å². The van der Waals surface area contributed by atoms with Crippen molar-refractivity contribution in [2.45, 2.75) is 25.7 Å². The fourth-order valence-electron chi connectivity index (χ4n) is 9.26. The minimum absolute atomic E-state index is 0.0429. The Hall–Kier alpha value is -7.32. The van der Waals surface area contributed by atoms with Crippen molar-refractivity contribution < 1.29 is 44.0 Å². The standard InChI is InChI=1S/C37H34N8O13/c1-16-10-17(6-9-28(16)46)29-20-7-8-21-30(36(49)40(34(21)47)18-11-24(42(51)52)32(38(2)3)25(12-18)43(53)54)22(20)15-23-31(29)37(50)41(35(23)48)19-13-26(44(55)56)33(39(4)5)27(14-19)45(57)58/h6-7,9-14,21-23,29-31,46H,8,15H2,1-5H3. The highest BCUT2D eigenvalue weighted by atomic mass is 16.6. The molecule has 0 spiro atoms. The second-order valence-electron chi connectivity index (χ2n) is 15.1. The van der Waals surface area contributed by atoms with E-state index in [9.17, 15) is 64.7 Å². The van der Waals surface area contributed by atoms with Crippen molar-refractivity contribution in [1.29, 1.82) is 0 Å². The largest absolute Gasteiger partial charge is 0.508 e. The summed E-state index contributed by atoms with van der Waals surface area (Å²) in [6.45, 7) is 1.61. The molecule has 300 valence electrons. The lowest BCUT2D eigenvalue weighted by molar-refractivity contribution is -0.392. The highest BCUT2D eigenvalue weighted by Crippen LogP contribution is 2.59. The highest BCUT2D eigenvalue weighted by molar-refractivity contribution is 6.24. The Kier molecular flexibility index (Phi) is 9.20. The number of phenols is 1. The summed E-state index contributed by atoms with van der Waals surface area (Å²) < 4.78 is 0. The lowest BCUT2D eigenvalue weighted by atomic mass is 9.57. The summed E-state index contributed by atoms with van der Waals surface area (Å²) in [5, 5.41) is 59.1. The van der Waals surface area contributed by atoms with Crippen LogP contribution in [-0.2, 0) is 19.2 Å². The van der Waals surface area contributed by atoms with E-state index in [2.05, 4.69) is 0 Å². The van der Waals surface area contributed by atoms with Crippen molar-refractivity contribution in [2.75, 3.05) is 47.8 Å². The number of nitrogens with zero attached hydrogens (tertiary/aromatic N) is 8. The number of carbonyl (C=O) groups excluding carboxylic acids is 4. The zero-order chi connectivity index (χ0) is 42.4. The molecule has 4 amide bonds. The molecule has 6 unspecified atom stereocenters. The van der Waals surface area contributed by atoms with Gasteiger partial charge in [-0.15, -0.1) is 0 Å². The summed E-state index contributed by atoms with van der Waals surface area (Å²) in [5.41, 5.74) is -3.05. The molecule has 2 saturated heterocycles. The summed E-state index contributed by atoms with van der Waals surface area (Å²) >= 11 is 0. The van der Waals surface area contributed by atoms with Gasteiger partial charge < -0.3 is 14.9 Å². The number of aryl methyl sites for hydroxylation is 1. The number of phenolic OH excluding ortho intramolecular Hbond substituents is 1. The molecule has 21 heteroatoms. The first kappa shape index (κ1) is 38.9.